The highest BCUT2D eigenvalue weighted by atomic mass is 32.2. The summed E-state index contributed by atoms with van der Waals surface area (Å²) in [7, 11) is -2.97. The summed E-state index contributed by atoms with van der Waals surface area (Å²) in [5, 5.41) is 2.88. The van der Waals surface area contributed by atoms with Crippen LogP contribution in [0.15, 0.2) is 6.33 Å². The number of aromatic nitrogens is 2. The third kappa shape index (κ3) is 2.31. The first-order valence-electron chi connectivity index (χ1n) is 6.02. The Morgan fingerprint density at radius 1 is 1.28 bits per heavy atom. The van der Waals surface area contributed by atoms with Crippen molar-refractivity contribution in [2.24, 2.45) is 0 Å². The van der Waals surface area contributed by atoms with E-state index < -0.39 is 15.7 Å². The molecule has 1 aromatic heterocycles. The van der Waals surface area contributed by atoms with Crippen LogP contribution in [0, 0.1) is 5.82 Å². The number of rotatable bonds is 3. The maximum atomic E-state index is 14.1. The van der Waals surface area contributed by atoms with Crippen LogP contribution in [0.3, 0.4) is 0 Å². The van der Waals surface area contributed by atoms with Gasteiger partial charge in [0.25, 0.3) is 0 Å². The van der Waals surface area contributed by atoms with Crippen LogP contribution in [0.5, 0.6) is 0 Å². The van der Waals surface area contributed by atoms with Crippen LogP contribution >= 0.6 is 0 Å². The van der Waals surface area contributed by atoms with E-state index in [1.54, 1.807) is 0 Å². The fourth-order valence-corrected chi connectivity index (χ4v) is 3.90. The minimum atomic E-state index is -2.97. The number of nitrogens with zero attached hydrogens (tertiary/aromatic N) is 2. The number of sulfone groups is 1. The topological polar surface area (TPSA) is 72.0 Å². The molecule has 1 N–H and O–H groups in total. The van der Waals surface area contributed by atoms with Crippen LogP contribution in [0.25, 0.3) is 0 Å². The molecule has 2 heterocycles. The highest BCUT2D eigenvalue weighted by Gasteiger charge is 2.32. The molecule has 0 aromatic carbocycles. The Bertz CT molecular complexity index is 572. The van der Waals surface area contributed by atoms with Gasteiger partial charge in [0.1, 0.15) is 6.33 Å². The Morgan fingerprint density at radius 3 is 2.67 bits per heavy atom. The van der Waals surface area contributed by atoms with Crippen molar-refractivity contribution in [2.75, 3.05) is 16.8 Å². The second-order valence-corrected chi connectivity index (χ2v) is 7.17. The molecule has 98 valence electrons. The molecule has 1 aliphatic heterocycles. The van der Waals surface area contributed by atoms with E-state index in [2.05, 4.69) is 15.3 Å². The molecule has 0 spiro atoms. The van der Waals surface area contributed by atoms with Crippen molar-refractivity contribution >= 4 is 15.7 Å². The van der Waals surface area contributed by atoms with Crippen molar-refractivity contribution in [3.8, 4) is 0 Å². The van der Waals surface area contributed by atoms with Gasteiger partial charge in [0, 0.05) is 12.0 Å². The van der Waals surface area contributed by atoms with Gasteiger partial charge in [-0.05, 0) is 19.3 Å². The van der Waals surface area contributed by atoms with Crippen molar-refractivity contribution in [2.45, 2.75) is 31.2 Å². The van der Waals surface area contributed by atoms with Gasteiger partial charge in [-0.3, -0.25) is 0 Å². The van der Waals surface area contributed by atoms with Gasteiger partial charge in [0.05, 0.1) is 17.2 Å². The molecule has 1 aliphatic carbocycles. The predicted molar refractivity (Wildman–Crippen MR) is 64.6 cm³/mol. The lowest BCUT2D eigenvalue weighted by atomic mass is 10.2. The van der Waals surface area contributed by atoms with Crippen LogP contribution in [-0.2, 0) is 9.84 Å². The summed E-state index contributed by atoms with van der Waals surface area (Å²) >= 11 is 0. The normalized spacial score (nSPS) is 26.2. The Balaban J connectivity index is 1.79. The summed E-state index contributed by atoms with van der Waals surface area (Å²) < 4.78 is 36.7. The summed E-state index contributed by atoms with van der Waals surface area (Å²) in [6, 6.07) is -0.244. The molecule has 2 fully saturated rings. The standard InChI is InChI=1S/C11H14FN3O2S/c12-9-10(7-1-2-7)13-6-14-11(9)15-8-3-4-18(16,17)5-8/h6-8H,1-5H2,(H,13,14,15). The molecule has 0 radical (unpaired) electrons. The van der Waals surface area contributed by atoms with Crippen LogP contribution < -0.4 is 5.32 Å². The van der Waals surface area contributed by atoms with Gasteiger partial charge in [-0.2, -0.15) is 0 Å². The lowest BCUT2D eigenvalue weighted by Gasteiger charge is -2.13. The van der Waals surface area contributed by atoms with E-state index in [1.807, 2.05) is 0 Å². The van der Waals surface area contributed by atoms with Crippen LogP contribution in [0.1, 0.15) is 30.9 Å². The van der Waals surface area contributed by atoms with Gasteiger partial charge >= 0.3 is 0 Å². The van der Waals surface area contributed by atoms with Crippen molar-refractivity contribution < 1.29 is 12.8 Å². The zero-order valence-corrected chi connectivity index (χ0v) is 10.6. The van der Waals surface area contributed by atoms with E-state index in [1.165, 1.54) is 6.33 Å². The minimum absolute atomic E-state index is 0.0508. The van der Waals surface area contributed by atoms with Crippen LogP contribution in [-0.4, -0.2) is 35.9 Å². The molecule has 1 saturated heterocycles. The number of hydrogen-bond acceptors (Lipinski definition) is 5. The van der Waals surface area contributed by atoms with Gasteiger partial charge in [-0.25, -0.2) is 22.8 Å². The molecule has 1 saturated carbocycles. The average molecular weight is 271 g/mol. The molecule has 0 bridgehead atoms. The van der Waals surface area contributed by atoms with Crippen molar-refractivity contribution in [1.82, 2.24) is 9.97 Å². The predicted octanol–water partition coefficient (Wildman–Crippen LogP) is 1.09. The smallest absolute Gasteiger partial charge is 0.187 e. The molecule has 1 unspecified atom stereocenters. The maximum absolute atomic E-state index is 14.1. The third-order valence-electron chi connectivity index (χ3n) is 3.35. The number of anilines is 1. The van der Waals surface area contributed by atoms with Gasteiger partial charge in [-0.15, -0.1) is 0 Å². The molecule has 2 aliphatic rings. The van der Waals surface area contributed by atoms with E-state index in [-0.39, 0.29) is 29.3 Å². The molecule has 0 amide bonds. The maximum Gasteiger partial charge on any atom is 0.187 e. The second kappa shape index (κ2) is 4.15. The Hall–Kier alpha value is -1.24. The fraction of sp³-hybridized carbons (Fsp3) is 0.636. The van der Waals surface area contributed by atoms with E-state index in [4.69, 9.17) is 0 Å². The van der Waals surface area contributed by atoms with Gasteiger partial charge in [-0.1, -0.05) is 0 Å². The van der Waals surface area contributed by atoms with E-state index in [9.17, 15) is 12.8 Å². The molecule has 1 aromatic rings. The molecular weight excluding hydrogens is 257 g/mol. The first kappa shape index (κ1) is 11.8. The Morgan fingerprint density at radius 2 is 2.06 bits per heavy atom. The summed E-state index contributed by atoms with van der Waals surface area (Å²) in [5.74, 6) is 0.126. The van der Waals surface area contributed by atoms with Crippen molar-refractivity contribution in [1.29, 1.82) is 0 Å². The van der Waals surface area contributed by atoms with E-state index in [0.29, 0.717) is 12.1 Å². The lowest BCUT2D eigenvalue weighted by molar-refractivity contribution is 0.590. The lowest BCUT2D eigenvalue weighted by Crippen LogP contribution is -2.22. The van der Waals surface area contributed by atoms with Crippen LogP contribution in [0.4, 0.5) is 10.2 Å². The summed E-state index contributed by atoms with van der Waals surface area (Å²) in [6.07, 6.45) is 3.77. The SMILES string of the molecule is O=S1(=O)CCC(Nc2ncnc(C3CC3)c2F)C1. The summed E-state index contributed by atoms with van der Waals surface area (Å²) in [6.45, 7) is 0. The van der Waals surface area contributed by atoms with Crippen LogP contribution in [0.2, 0.25) is 0 Å². The van der Waals surface area contributed by atoms with E-state index >= 15 is 0 Å². The Kier molecular flexibility index (Phi) is 2.73. The molecule has 18 heavy (non-hydrogen) atoms. The van der Waals surface area contributed by atoms with Gasteiger partial charge < -0.3 is 5.32 Å². The first-order valence-corrected chi connectivity index (χ1v) is 7.84. The molecule has 7 heteroatoms. The first-order chi connectivity index (χ1) is 8.55. The molecule has 1 atom stereocenters. The molecular formula is C11H14FN3O2S. The number of hydrogen-bond donors (Lipinski definition) is 1. The zero-order valence-electron chi connectivity index (χ0n) is 9.76. The highest BCUT2D eigenvalue weighted by molar-refractivity contribution is 7.91. The summed E-state index contributed by atoms with van der Waals surface area (Å²) in [4.78, 5) is 7.83. The number of halogens is 1. The van der Waals surface area contributed by atoms with Gasteiger partial charge in [0.2, 0.25) is 0 Å². The monoisotopic (exact) mass is 271 g/mol. The minimum Gasteiger partial charge on any atom is -0.364 e. The zero-order chi connectivity index (χ0) is 12.8. The fourth-order valence-electron chi connectivity index (χ4n) is 2.23. The third-order valence-corrected chi connectivity index (χ3v) is 5.12. The second-order valence-electron chi connectivity index (χ2n) is 4.94. The Labute approximate surface area is 105 Å². The van der Waals surface area contributed by atoms with Gasteiger partial charge in [0.15, 0.2) is 21.5 Å². The highest BCUT2D eigenvalue weighted by Crippen LogP contribution is 2.40. The largest absolute Gasteiger partial charge is 0.364 e. The average Bonchev–Trinajstić information content (AvgIpc) is 3.08. The van der Waals surface area contributed by atoms with E-state index in [0.717, 1.165) is 12.8 Å². The van der Waals surface area contributed by atoms with Crippen molar-refractivity contribution in [3.63, 3.8) is 0 Å². The molecule has 3 rings (SSSR count). The number of nitrogens with one attached hydrogen (secondary N) is 1. The molecule has 5 nitrogen and oxygen atoms in total. The quantitative estimate of drug-likeness (QED) is 0.891. The van der Waals surface area contributed by atoms with Crippen molar-refractivity contribution in [3.05, 3.63) is 17.8 Å². The summed E-state index contributed by atoms with van der Waals surface area (Å²) in [5.41, 5.74) is 0.452.